The predicted molar refractivity (Wildman–Crippen MR) is 55.1 cm³/mol. The molecule has 0 unspecified atom stereocenters. The van der Waals surface area contributed by atoms with E-state index in [9.17, 15) is 5.11 Å². The smallest absolute Gasteiger partial charge is 0.136 e. The monoisotopic (exact) mass is 183 g/mol. The van der Waals surface area contributed by atoms with E-state index in [0.29, 0.717) is 5.56 Å². The number of nitrogens with zero attached hydrogens (tertiary/aromatic N) is 1. The maximum atomic E-state index is 9.67. The average molecular weight is 183 g/mol. The van der Waals surface area contributed by atoms with Gasteiger partial charge in [-0.05, 0) is 29.3 Å². The third-order valence-electron chi connectivity index (χ3n) is 2.40. The second kappa shape index (κ2) is 3.04. The minimum absolute atomic E-state index is 0.0891. The fraction of sp³-hybridized carbons (Fsp3) is 0.0833. The standard InChI is InChI=1S/C12H9NO/c1-8-11-5-3-2-4-9(11)6-10(7-13)12(8)14/h2-6,14H,1H3. The number of aromatic hydroxyl groups is 1. The van der Waals surface area contributed by atoms with E-state index in [1.807, 2.05) is 37.3 Å². The van der Waals surface area contributed by atoms with Crippen molar-refractivity contribution in [3.63, 3.8) is 0 Å². The van der Waals surface area contributed by atoms with Crippen molar-refractivity contribution in [3.05, 3.63) is 41.5 Å². The van der Waals surface area contributed by atoms with Gasteiger partial charge in [0, 0.05) is 0 Å². The van der Waals surface area contributed by atoms with Crippen LogP contribution in [-0.4, -0.2) is 5.11 Å². The summed E-state index contributed by atoms with van der Waals surface area (Å²) in [5, 5.41) is 20.4. The van der Waals surface area contributed by atoms with Gasteiger partial charge in [0.15, 0.2) is 0 Å². The molecule has 0 atom stereocenters. The molecule has 2 aromatic rings. The van der Waals surface area contributed by atoms with Gasteiger partial charge in [0.1, 0.15) is 11.8 Å². The molecule has 0 aliphatic rings. The number of rotatable bonds is 0. The van der Waals surface area contributed by atoms with Crippen molar-refractivity contribution in [2.24, 2.45) is 0 Å². The van der Waals surface area contributed by atoms with Gasteiger partial charge in [0.25, 0.3) is 0 Å². The lowest BCUT2D eigenvalue weighted by Gasteiger charge is -2.05. The molecule has 0 saturated heterocycles. The second-order valence-corrected chi connectivity index (χ2v) is 3.23. The Morgan fingerprint density at radius 1 is 1.29 bits per heavy atom. The normalized spacial score (nSPS) is 10.0. The molecule has 2 aromatic carbocycles. The van der Waals surface area contributed by atoms with Crippen molar-refractivity contribution in [2.45, 2.75) is 6.92 Å². The van der Waals surface area contributed by atoms with Crippen LogP contribution in [0.3, 0.4) is 0 Å². The first kappa shape index (κ1) is 8.58. The van der Waals surface area contributed by atoms with E-state index in [2.05, 4.69) is 0 Å². The van der Waals surface area contributed by atoms with Crippen molar-refractivity contribution < 1.29 is 5.11 Å². The molecule has 0 aliphatic heterocycles. The summed E-state index contributed by atoms with van der Waals surface area (Å²) in [6, 6.07) is 11.4. The fourth-order valence-electron chi connectivity index (χ4n) is 1.60. The number of hydrogen-bond donors (Lipinski definition) is 1. The van der Waals surface area contributed by atoms with E-state index in [0.717, 1.165) is 16.3 Å². The van der Waals surface area contributed by atoms with Crippen LogP contribution in [0.1, 0.15) is 11.1 Å². The van der Waals surface area contributed by atoms with Crippen molar-refractivity contribution >= 4 is 10.8 Å². The Labute approximate surface area is 82.0 Å². The summed E-state index contributed by atoms with van der Waals surface area (Å²) in [5.74, 6) is 0.0891. The maximum Gasteiger partial charge on any atom is 0.136 e. The number of benzene rings is 2. The van der Waals surface area contributed by atoms with E-state index in [4.69, 9.17) is 5.26 Å². The average Bonchev–Trinajstić information content (AvgIpc) is 2.23. The van der Waals surface area contributed by atoms with Crippen LogP contribution in [0.15, 0.2) is 30.3 Å². The molecule has 0 aliphatic carbocycles. The van der Waals surface area contributed by atoms with Gasteiger partial charge in [-0.25, -0.2) is 0 Å². The number of fused-ring (bicyclic) bond motifs is 1. The number of hydrogen-bond acceptors (Lipinski definition) is 2. The Morgan fingerprint density at radius 3 is 2.71 bits per heavy atom. The minimum Gasteiger partial charge on any atom is -0.506 e. The van der Waals surface area contributed by atoms with Gasteiger partial charge in [0.2, 0.25) is 0 Å². The van der Waals surface area contributed by atoms with Gasteiger partial charge >= 0.3 is 0 Å². The van der Waals surface area contributed by atoms with Gasteiger partial charge in [-0.3, -0.25) is 0 Å². The summed E-state index contributed by atoms with van der Waals surface area (Å²) >= 11 is 0. The number of phenolic OH excluding ortho intramolecular Hbond substituents is 1. The maximum absolute atomic E-state index is 9.67. The van der Waals surface area contributed by atoms with Gasteiger partial charge in [-0.2, -0.15) is 5.26 Å². The molecular formula is C12H9NO. The molecule has 0 saturated carbocycles. The molecule has 0 aromatic heterocycles. The zero-order chi connectivity index (χ0) is 10.1. The van der Waals surface area contributed by atoms with E-state index in [-0.39, 0.29) is 5.75 Å². The first-order valence-corrected chi connectivity index (χ1v) is 4.35. The molecule has 0 spiro atoms. The summed E-state index contributed by atoms with van der Waals surface area (Å²) in [6.07, 6.45) is 0. The lowest BCUT2D eigenvalue weighted by Crippen LogP contribution is -1.84. The molecule has 0 amide bonds. The van der Waals surface area contributed by atoms with Gasteiger partial charge in [-0.15, -0.1) is 0 Å². The van der Waals surface area contributed by atoms with E-state index in [1.54, 1.807) is 6.07 Å². The zero-order valence-corrected chi connectivity index (χ0v) is 7.78. The highest BCUT2D eigenvalue weighted by Gasteiger charge is 2.07. The van der Waals surface area contributed by atoms with Crippen LogP contribution in [0.25, 0.3) is 10.8 Å². The van der Waals surface area contributed by atoms with E-state index in [1.165, 1.54) is 0 Å². The van der Waals surface area contributed by atoms with E-state index >= 15 is 0 Å². The van der Waals surface area contributed by atoms with Crippen LogP contribution in [0.2, 0.25) is 0 Å². The van der Waals surface area contributed by atoms with Crippen LogP contribution < -0.4 is 0 Å². The van der Waals surface area contributed by atoms with Crippen molar-refractivity contribution in [2.75, 3.05) is 0 Å². The largest absolute Gasteiger partial charge is 0.506 e. The van der Waals surface area contributed by atoms with Crippen LogP contribution in [0, 0.1) is 18.3 Å². The second-order valence-electron chi connectivity index (χ2n) is 3.23. The lowest BCUT2D eigenvalue weighted by molar-refractivity contribution is 0.470. The highest BCUT2D eigenvalue weighted by molar-refractivity contribution is 5.89. The Kier molecular flexibility index (Phi) is 1.86. The van der Waals surface area contributed by atoms with Crippen molar-refractivity contribution in [1.82, 2.24) is 0 Å². The Morgan fingerprint density at radius 2 is 2.00 bits per heavy atom. The number of nitriles is 1. The highest BCUT2D eigenvalue weighted by atomic mass is 16.3. The quantitative estimate of drug-likeness (QED) is 0.682. The molecule has 2 heteroatoms. The molecule has 0 heterocycles. The zero-order valence-electron chi connectivity index (χ0n) is 7.78. The summed E-state index contributed by atoms with van der Waals surface area (Å²) in [4.78, 5) is 0. The van der Waals surface area contributed by atoms with Gasteiger partial charge in [0.05, 0.1) is 5.56 Å². The lowest BCUT2D eigenvalue weighted by atomic mass is 10.0. The minimum atomic E-state index is 0.0891. The Bertz CT molecular complexity index is 538. The molecule has 14 heavy (non-hydrogen) atoms. The third-order valence-corrected chi connectivity index (χ3v) is 2.40. The summed E-state index contributed by atoms with van der Waals surface area (Å²) in [5.41, 5.74) is 1.10. The van der Waals surface area contributed by atoms with Crippen molar-refractivity contribution in [1.29, 1.82) is 5.26 Å². The van der Waals surface area contributed by atoms with E-state index < -0.39 is 0 Å². The molecule has 2 nitrogen and oxygen atoms in total. The van der Waals surface area contributed by atoms with Gasteiger partial charge in [-0.1, -0.05) is 24.3 Å². The third kappa shape index (κ3) is 1.11. The number of phenols is 1. The first-order valence-electron chi connectivity index (χ1n) is 4.35. The summed E-state index contributed by atoms with van der Waals surface area (Å²) in [7, 11) is 0. The summed E-state index contributed by atoms with van der Waals surface area (Å²) in [6.45, 7) is 1.82. The molecule has 0 radical (unpaired) electrons. The topological polar surface area (TPSA) is 44.0 Å². The molecule has 0 fully saturated rings. The molecule has 0 bridgehead atoms. The molecule has 1 N–H and O–H groups in total. The number of aryl methyl sites for hydroxylation is 1. The highest BCUT2D eigenvalue weighted by Crippen LogP contribution is 2.29. The fourth-order valence-corrected chi connectivity index (χ4v) is 1.60. The Balaban J connectivity index is 2.94. The van der Waals surface area contributed by atoms with Crippen LogP contribution in [-0.2, 0) is 0 Å². The van der Waals surface area contributed by atoms with Crippen LogP contribution in [0.5, 0.6) is 5.75 Å². The molecular weight excluding hydrogens is 174 g/mol. The van der Waals surface area contributed by atoms with Crippen LogP contribution in [0.4, 0.5) is 0 Å². The van der Waals surface area contributed by atoms with Gasteiger partial charge < -0.3 is 5.11 Å². The Hall–Kier alpha value is -2.01. The first-order chi connectivity index (χ1) is 6.74. The summed E-state index contributed by atoms with van der Waals surface area (Å²) < 4.78 is 0. The van der Waals surface area contributed by atoms with Crippen LogP contribution >= 0.6 is 0 Å². The SMILES string of the molecule is Cc1c(O)c(C#N)cc2ccccc12. The molecule has 68 valence electrons. The molecule has 2 rings (SSSR count). The van der Waals surface area contributed by atoms with Crippen molar-refractivity contribution in [3.8, 4) is 11.8 Å². The predicted octanol–water partition coefficient (Wildman–Crippen LogP) is 2.73.